The lowest BCUT2D eigenvalue weighted by Gasteiger charge is -2.24. The Morgan fingerprint density at radius 2 is 1.45 bits per heavy atom. The predicted molar refractivity (Wildman–Crippen MR) is 107 cm³/mol. The molecular weight excluding hydrogens is 412 g/mol. The molecule has 0 saturated carbocycles. The van der Waals surface area contributed by atoms with E-state index in [-0.39, 0.29) is 12.8 Å². The lowest BCUT2D eigenvalue weighted by atomic mass is 10.0. The first-order chi connectivity index (χ1) is 14.7. The maximum absolute atomic E-state index is 12.7. The van der Waals surface area contributed by atoms with E-state index in [9.17, 15) is 34.2 Å². The van der Waals surface area contributed by atoms with Gasteiger partial charge in [-0.1, -0.05) is 30.3 Å². The van der Waals surface area contributed by atoms with E-state index in [2.05, 4.69) is 16.0 Å². The summed E-state index contributed by atoms with van der Waals surface area (Å²) < 4.78 is 0. The summed E-state index contributed by atoms with van der Waals surface area (Å²) in [6, 6.07) is 4.41. The topological polar surface area (TPSA) is 208 Å². The first-order valence-corrected chi connectivity index (χ1v) is 9.37. The van der Waals surface area contributed by atoms with Crippen LogP contribution in [-0.2, 0) is 30.4 Å². The van der Waals surface area contributed by atoms with E-state index < -0.39 is 67.4 Å². The van der Waals surface area contributed by atoms with Crippen molar-refractivity contribution in [2.75, 3.05) is 13.2 Å². The van der Waals surface area contributed by atoms with Crippen LogP contribution < -0.4 is 21.7 Å². The predicted octanol–water partition coefficient (Wildman–Crippen LogP) is -2.42. The molecule has 3 atom stereocenters. The number of aliphatic hydroxyl groups is 1. The van der Waals surface area contributed by atoms with Gasteiger partial charge < -0.3 is 37.0 Å². The molecule has 0 radical (unpaired) electrons. The largest absolute Gasteiger partial charge is 0.481 e. The van der Waals surface area contributed by atoms with Crippen LogP contribution in [0, 0.1) is 0 Å². The van der Waals surface area contributed by atoms with Crippen LogP contribution in [0.5, 0.6) is 0 Å². The summed E-state index contributed by atoms with van der Waals surface area (Å²) in [5.41, 5.74) is 5.82. The number of aliphatic hydroxyl groups excluding tert-OH is 1. The van der Waals surface area contributed by atoms with E-state index in [4.69, 9.17) is 10.8 Å². The number of hydrogen-bond donors (Lipinski definition) is 7. The summed E-state index contributed by atoms with van der Waals surface area (Å²) in [6.45, 7) is -1.17. The number of amides is 3. The van der Waals surface area contributed by atoms with Crippen LogP contribution in [0.15, 0.2) is 30.3 Å². The molecule has 170 valence electrons. The Hall–Kier alpha value is -3.51. The Kier molecular flexibility index (Phi) is 10.6. The van der Waals surface area contributed by atoms with Crippen molar-refractivity contribution in [2.45, 2.75) is 37.4 Å². The molecule has 0 spiro atoms. The van der Waals surface area contributed by atoms with Crippen molar-refractivity contribution in [3.63, 3.8) is 0 Å². The Morgan fingerprint density at radius 1 is 0.871 bits per heavy atom. The van der Waals surface area contributed by atoms with Crippen LogP contribution in [0.4, 0.5) is 0 Å². The van der Waals surface area contributed by atoms with Crippen molar-refractivity contribution >= 4 is 29.7 Å². The number of rotatable bonds is 13. The van der Waals surface area contributed by atoms with Gasteiger partial charge in [0.2, 0.25) is 17.7 Å². The van der Waals surface area contributed by atoms with Gasteiger partial charge in [0.15, 0.2) is 0 Å². The second-order valence-electron chi connectivity index (χ2n) is 6.59. The number of carboxylic acid groups (broad SMARTS) is 2. The molecular formula is C19H26N4O8. The van der Waals surface area contributed by atoms with Gasteiger partial charge in [0, 0.05) is 12.8 Å². The number of carboxylic acids is 2. The SMILES string of the molecule is NCC(=O)NC(CO)C(=O)NC(Cc1ccccc1)C(=O)NC(CCC(=O)O)C(=O)O. The summed E-state index contributed by atoms with van der Waals surface area (Å²) in [4.78, 5) is 58.7. The molecule has 31 heavy (non-hydrogen) atoms. The summed E-state index contributed by atoms with van der Waals surface area (Å²) in [7, 11) is 0. The summed E-state index contributed by atoms with van der Waals surface area (Å²) >= 11 is 0. The standard InChI is InChI=1S/C19H26N4O8/c20-9-15(25)21-14(10-24)18(29)23-13(8-11-4-2-1-3-5-11)17(28)22-12(19(30)31)6-7-16(26)27/h1-5,12-14,24H,6-10,20H2,(H,21,25)(H,22,28)(H,23,29)(H,26,27)(H,30,31). The lowest BCUT2D eigenvalue weighted by molar-refractivity contribution is -0.143. The third-order valence-electron chi connectivity index (χ3n) is 4.20. The molecule has 1 aromatic carbocycles. The van der Waals surface area contributed by atoms with Crippen molar-refractivity contribution in [3.8, 4) is 0 Å². The Morgan fingerprint density at radius 3 is 1.97 bits per heavy atom. The van der Waals surface area contributed by atoms with Gasteiger partial charge in [-0.3, -0.25) is 19.2 Å². The fourth-order valence-electron chi connectivity index (χ4n) is 2.58. The van der Waals surface area contributed by atoms with Crippen LogP contribution >= 0.6 is 0 Å². The van der Waals surface area contributed by atoms with Gasteiger partial charge >= 0.3 is 11.9 Å². The fourth-order valence-corrected chi connectivity index (χ4v) is 2.58. The number of benzene rings is 1. The molecule has 0 aromatic heterocycles. The van der Waals surface area contributed by atoms with Crippen LogP contribution in [0.3, 0.4) is 0 Å². The van der Waals surface area contributed by atoms with Gasteiger partial charge in [-0.15, -0.1) is 0 Å². The molecule has 1 aromatic rings. The van der Waals surface area contributed by atoms with E-state index in [0.29, 0.717) is 5.56 Å². The minimum atomic E-state index is -1.48. The lowest BCUT2D eigenvalue weighted by Crippen LogP contribution is -2.57. The maximum Gasteiger partial charge on any atom is 0.326 e. The molecule has 3 amide bonds. The molecule has 12 heteroatoms. The Bertz CT molecular complexity index is 786. The first-order valence-electron chi connectivity index (χ1n) is 9.37. The number of hydrogen-bond acceptors (Lipinski definition) is 7. The van der Waals surface area contributed by atoms with E-state index >= 15 is 0 Å². The molecule has 0 bridgehead atoms. The average Bonchev–Trinajstić information content (AvgIpc) is 2.74. The number of aliphatic carboxylic acids is 2. The fraction of sp³-hybridized carbons (Fsp3) is 0.421. The van der Waals surface area contributed by atoms with E-state index in [1.165, 1.54) is 0 Å². The highest BCUT2D eigenvalue weighted by molar-refractivity contribution is 5.93. The zero-order valence-electron chi connectivity index (χ0n) is 16.6. The highest BCUT2D eigenvalue weighted by atomic mass is 16.4. The zero-order chi connectivity index (χ0) is 23.4. The summed E-state index contributed by atoms with van der Waals surface area (Å²) in [5.74, 6) is -5.09. The van der Waals surface area contributed by atoms with Crippen molar-refractivity contribution in [1.82, 2.24) is 16.0 Å². The van der Waals surface area contributed by atoms with Crippen molar-refractivity contribution in [1.29, 1.82) is 0 Å². The van der Waals surface area contributed by atoms with Crippen LogP contribution in [0.1, 0.15) is 18.4 Å². The maximum atomic E-state index is 12.7. The zero-order valence-corrected chi connectivity index (χ0v) is 16.6. The molecule has 0 fully saturated rings. The third kappa shape index (κ3) is 9.23. The normalized spacial score (nSPS) is 13.4. The smallest absolute Gasteiger partial charge is 0.326 e. The summed E-state index contributed by atoms with van der Waals surface area (Å²) in [6.07, 6.45) is -0.856. The monoisotopic (exact) mass is 438 g/mol. The molecule has 1 rings (SSSR count). The van der Waals surface area contributed by atoms with Gasteiger partial charge in [-0.2, -0.15) is 0 Å². The Labute approximate surface area is 177 Å². The highest BCUT2D eigenvalue weighted by Crippen LogP contribution is 2.06. The average molecular weight is 438 g/mol. The molecule has 12 nitrogen and oxygen atoms in total. The molecule has 8 N–H and O–H groups in total. The van der Waals surface area contributed by atoms with Crippen molar-refractivity contribution < 1.29 is 39.3 Å². The van der Waals surface area contributed by atoms with Gasteiger partial charge in [-0.25, -0.2) is 4.79 Å². The van der Waals surface area contributed by atoms with Crippen molar-refractivity contribution in [3.05, 3.63) is 35.9 Å². The first kappa shape index (κ1) is 25.5. The molecule has 3 unspecified atom stereocenters. The van der Waals surface area contributed by atoms with Gasteiger partial charge in [0.1, 0.15) is 18.1 Å². The third-order valence-corrected chi connectivity index (χ3v) is 4.20. The molecule has 0 saturated heterocycles. The number of nitrogens with two attached hydrogens (primary N) is 1. The van der Waals surface area contributed by atoms with Gasteiger partial charge in [-0.05, 0) is 12.0 Å². The summed E-state index contributed by atoms with van der Waals surface area (Å²) in [5, 5.41) is 34.2. The van der Waals surface area contributed by atoms with E-state index in [0.717, 1.165) is 0 Å². The van der Waals surface area contributed by atoms with Crippen LogP contribution in [-0.4, -0.2) is 76.3 Å². The number of carbonyl (C=O) groups excluding carboxylic acids is 3. The molecule has 0 heterocycles. The van der Waals surface area contributed by atoms with E-state index in [1.54, 1.807) is 30.3 Å². The second kappa shape index (κ2) is 12.9. The molecule has 0 aliphatic rings. The molecule has 0 aliphatic heterocycles. The highest BCUT2D eigenvalue weighted by Gasteiger charge is 2.29. The van der Waals surface area contributed by atoms with Gasteiger partial charge in [0.25, 0.3) is 0 Å². The van der Waals surface area contributed by atoms with Gasteiger partial charge in [0.05, 0.1) is 13.2 Å². The second-order valence-corrected chi connectivity index (χ2v) is 6.59. The molecule has 0 aliphatic carbocycles. The van der Waals surface area contributed by atoms with E-state index in [1.807, 2.05) is 0 Å². The van der Waals surface area contributed by atoms with Crippen LogP contribution in [0.2, 0.25) is 0 Å². The number of nitrogens with one attached hydrogen (secondary N) is 3. The van der Waals surface area contributed by atoms with Crippen LogP contribution in [0.25, 0.3) is 0 Å². The number of carbonyl (C=O) groups is 5. The van der Waals surface area contributed by atoms with Crippen molar-refractivity contribution in [2.24, 2.45) is 5.73 Å². The minimum absolute atomic E-state index is 0.0212. The minimum Gasteiger partial charge on any atom is -0.481 e. The quantitative estimate of drug-likeness (QED) is 0.175. The Balaban J connectivity index is 2.99.